The average Bonchev–Trinajstić information content (AvgIpc) is 3.22. The standard InChI is InChI=1S/C28H30F3N7O/c1-15(2)18-9-10-33-22(11-18)27-37-26-24(25(35-23(14-39)36-26)34-16(3)17-5-4-6-17)38(27)13-19-7-8-20(12-21(19)32)28(29,30)31/h7-12,14-17H,4-6,13,32H2,1-3H3,(H,34,35,36)/t16-/m1/s1. The molecule has 0 aliphatic heterocycles. The molecule has 8 nitrogen and oxygen atoms in total. The lowest BCUT2D eigenvalue weighted by Crippen LogP contribution is -2.31. The molecular weight excluding hydrogens is 507 g/mol. The Balaban J connectivity index is 1.70. The Hall–Kier alpha value is -4.02. The van der Waals surface area contributed by atoms with E-state index in [-0.39, 0.29) is 35.7 Å². The lowest BCUT2D eigenvalue weighted by Gasteiger charge is -2.32. The maximum absolute atomic E-state index is 13.3. The summed E-state index contributed by atoms with van der Waals surface area (Å²) in [5.41, 5.74) is 8.20. The highest BCUT2D eigenvalue weighted by molar-refractivity contribution is 5.89. The number of hydrogen-bond donors (Lipinski definition) is 2. The number of nitrogens with one attached hydrogen (secondary N) is 1. The van der Waals surface area contributed by atoms with Crippen LogP contribution >= 0.6 is 0 Å². The first kappa shape index (κ1) is 26.6. The third-order valence-electron chi connectivity index (χ3n) is 7.43. The van der Waals surface area contributed by atoms with Gasteiger partial charge in [-0.1, -0.05) is 26.3 Å². The molecule has 1 aliphatic carbocycles. The lowest BCUT2D eigenvalue weighted by molar-refractivity contribution is -0.137. The molecule has 0 unspecified atom stereocenters. The summed E-state index contributed by atoms with van der Waals surface area (Å²) >= 11 is 0. The van der Waals surface area contributed by atoms with Gasteiger partial charge in [-0.15, -0.1) is 0 Å². The first-order chi connectivity index (χ1) is 18.5. The summed E-state index contributed by atoms with van der Waals surface area (Å²) in [6.07, 6.45) is 1.13. The molecule has 11 heteroatoms. The third kappa shape index (κ3) is 5.30. The maximum atomic E-state index is 13.3. The molecule has 1 aliphatic rings. The Kier molecular flexibility index (Phi) is 7.00. The van der Waals surface area contributed by atoms with Crippen molar-refractivity contribution in [2.24, 2.45) is 5.92 Å². The summed E-state index contributed by atoms with van der Waals surface area (Å²) in [6, 6.07) is 7.26. The van der Waals surface area contributed by atoms with Gasteiger partial charge in [-0.2, -0.15) is 13.2 Å². The number of anilines is 2. The number of halogens is 3. The van der Waals surface area contributed by atoms with E-state index in [1.807, 2.05) is 16.7 Å². The number of carbonyl (C=O) groups excluding carboxylic acids is 1. The number of nitrogens with zero attached hydrogens (tertiary/aromatic N) is 5. The molecule has 39 heavy (non-hydrogen) atoms. The van der Waals surface area contributed by atoms with Gasteiger partial charge in [-0.3, -0.25) is 9.78 Å². The van der Waals surface area contributed by atoms with Crippen LogP contribution in [-0.2, 0) is 12.7 Å². The van der Waals surface area contributed by atoms with E-state index in [2.05, 4.69) is 41.0 Å². The molecule has 0 saturated heterocycles. The van der Waals surface area contributed by atoms with Gasteiger partial charge >= 0.3 is 6.18 Å². The third-order valence-corrected chi connectivity index (χ3v) is 7.43. The second kappa shape index (κ2) is 10.3. The van der Waals surface area contributed by atoms with Crippen molar-refractivity contribution in [2.75, 3.05) is 11.1 Å². The molecule has 4 aromatic rings. The molecule has 0 radical (unpaired) electrons. The molecule has 1 atom stereocenters. The van der Waals surface area contributed by atoms with E-state index in [0.717, 1.165) is 30.5 Å². The number of pyridine rings is 1. The second-order valence-corrected chi connectivity index (χ2v) is 10.4. The van der Waals surface area contributed by atoms with Gasteiger partial charge in [0.25, 0.3) is 0 Å². The highest BCUT2D eigenvalue weighted by Crippen LogP contribution is 2.35. The second-order valence-electron chi connectivity index (χ2n) is 10.4. The van der Waals surface area contributed by atoms with Crippen LogP contribution in [0.1, 0.15) is 73.3 Å². The molecular formula is C28H30F3N7O. The molecule has 3 aromatic heterocycles. The SMILES string of the molecule is CC(C)c1ccnc(-c2nc3nc(C=O)nc(N[C@H](C)C4CCC4)c3n2Cc2ccc(C(F)(F)F)cc2N)c1. The van der Waals surface area contributed by atoms with Gasteiger partial charge in [0.2, 0.25) is 0 Å². The number of aldehydes is 1. The predicted molar refractivity (Wildman–Crippen MR) is 143 cm³/mol. The van der Waals surface area contributed by atoms with Gasteiger partial charge in [0.15, 0.2) is 29.4 Å². The van der Waals surface area contributed by atoms with E-state index in [9.17, 15) is 18.0 Å². The number of nitrogens with two attached hydrogens (primary N) is 1. The summed E-state index contributed by atoms with van der Waals surface area (Å²) < 4.78 is 41.7. The van der Waals surface area contributed by atoms with Crippen molar-refractivity contribution < 1.29 is 18.0 Å². The summed E-state index contributed by atoms with van der Waals surface area (Å²) in [7, 11) is 0. The monoisotopic (exact) mass is 537 g/mol. The molecule has 1 saturated carbocycles. The van der Waals surface area contributed by atoms with Gasteiger partial charge in [0.1, 0.15) is 11.2 Å². The van der Waals surface area contributed by atoms with Crippen molar-refractivity contribution in [2.45, 2.75) is 64.7 Å². The van der Waals surface area contributed by atoms with E-state index >= 15 is 0 Å². The van der Waals surface area contributed by atoms with Gasteiger partial charge < -0.3 is 15.6 Å². The van der Waals surface area contributed by atoms with E-state index < -0.39 is 11.7 Å². The minimum Gasteiger partial charge on any atom is -0.398 e. The topological polar surface area (TPSA) is 112 Å². The van der Waals surface area contributed by atoms with Crippen LogP contribution in [0.15, 0.2) is 36.5 Å². The normalized spacial score (nSPS) is 14.9. The molecule has 3 N–H and O–H groups in total. The summed E-state index contributed by atoms with van der Waals surface area (Å²) in [6.45, 7) is 6.30. The first-order valence-electron chi connectivity index (χ1n) is 13.0. The van der Waals surface area contributed by atoms with Crippen molar-refractivity contribution in [3.63, 3.8) is 0 Å². The number of imidazole rings is 1. The van der Waals surface area contributed by atoms with E-state index in [1.54, 1.807) is 6.20 Å². The quantitative estimate of drug-likeness (QED) is 0.207. The van der Waals surface area contributed by atoms with Crippen LogP contribution in [0.3, 0.4) is 0 Å². The fourth-order valence-corrected chi connectivity index (χ4v) is 4.84. The molecule has 204 valence electrons. The smallest absolute Gasteiger partial charge is 0.398 e. The number of aromatic nitrogens is 5. The largest absolute Gasteiger partial charge is 0.416 e. The number of rotatable bonds is 8. The van der Waals surface area contributed by atoms with Crippen molar-refractivity contribution >= 4 is 29.0 Å². The van der Waals surface area contributed by atoms with E-state index in [1.165, 1.54) is 12.5 Å². The molecule has 5 rings (SSSR count). The van der Waals surface area contributed by atoms with Crippen LogP contribution in [0.4, 0.5) is 24.7 Å². The van der Waals surface area contributed by atoms with Crippen molar-refractivity contribution in [1.29, 1.82) is 0 Å². The summed E-state index contributed by atoms with van der Waals surface area (Å²) in [5, 5.41) is 3.45. The molecule has 0 bridgehead atoms. The van der Waals surface area contributed by atoms with E-state index in [4.69, 9.17) is 10.7 Å². The average molecular weight is 538 g/mol. The highest BCUT2D eigenvalue weighted by atomic mass is 19.4. The van der Waals surface area contributed by atoms with Crippen LogP contribution in [0, 0.1) is 5.92 Å². The minimum absolute atomic E-state index is 0.00397. The Bertz CT molecular complexity index is 1530. The maximum Gasteiger partial charge on any atom is 0.416 e. The van der Waals surface area contributed by atoms with Crippen molar-refractivity contribution in [1.82, 2.24) is 24.5 Å². The van der Waals surface area contributed by atoms with Crippen LogP contribution < -0.4 is 11.1 Å². The number of hydrogen-bond acceptors (Lipinski definition) is 7. The predicted octanol–water partition coefficient (Wildman–Crippen LogP) is 6.07. The number of alkyl halides is 3. The number of carbonyl (C=O) groups is 1. The van der Waals surface area contributed by atoms with Crippen LogP contribution in [0.2, 0.25) is 0 Å². The number of nitrogen functional groups attached to an aromatic ring is 1. The number of fused-ring (bicyclic) bond motifs is 1. The lowest BCUT2D eigenvalue weighted by atomic mass is 9.80. The zero-order valence-corrected chi connectivity index (χ0v) is 22.0. The van der Waals surface area contributed by atoms with Gasteiger partial charge in [-0.05, 0) is 67.0 Å². The minimum atomic E-state index is -4.51. The number of benzene rings is 1. The molecule has 3 heterocycles. The molecule has 1 fully saturated rings. The summed E-state index contributed by atoms with van der Waals surface area (Å²) in [4.78, 5) is 29.8. The Morgan fingerprint density at radius 1 is 1.13 bits per heavy atom. The highest BCUT2D eigenvalue weighted by Gasteiger charge is 2.31. The van der Waals surface area contributed by atoms with Crippen molar-refractivity contribution in [3.8, 4) is 11.5 Å². The first-order valence-corrected chi connectivity index (χ1v) is 13.0. The van der Waals surface area contributed by atoms with Gasteiger partial charge in [0, 0.05) is 17.9 Å². The Morgan fingerprint density at radius 3 is 2.51 bits per heavy atom. The molecule has 1 aromatic carbocycles. The van der Waals surface area contributed by atoms with Gasteiger partial charge in [0.05, 0.1) is 12.1 Å². The van der Waals surface area contributed by atoms with Gasteiger partial charge in [-0.25, -0.2) is 15.0 Å². The zero-order chi connectivity index (χ0) is 27.9. The van der Waals surface area contributed by atoms with Crippen molar-refractivity contribution in [3.05, 3.63) is 59.0 Å². The fourth-order valence-electron chi connectivity index (χ4n) is 4.84. The van der Waals surface area contributed by atoms with Crippen LogP contribution in [0.5, 0.6) is 0 Å². The fraction of sp³-hybridized carbons (Fsp3) is 0.393. The molecule has 0 amide bonds. The molecule has 0 spiro atoms. The Labute approximate surface area is 223 Å². The van der Waals surface area contributed by atoms with Crippen LogP contribution in [0.25, 0.3) is 22.7 Å². The van der Waals surface area contributed by atoms with Crippen LogP contribution in [-0.4, -0.2) is 36.8 Å². The van der Waals surface area contributed by atoms with E-state index in [0.29, 0.717) is 40.6 Å². The Morgan fingerprint density at radius 2 is 1.90 bits per heavy atom. The zero-order valence-electron chi connectivity index (χ0n) is 22.0. The summed E-state index contributed by atoms with van der Waals surface area (Å²) in [5.74, 6) is 1.58.